The van der Waals surface area contributed by atoms with Crippen molar-refractivity contribution in [1.82, 2.24) is 25.5 Å². The molecule has 0 bridgehead atoms. The van der Waals surface area contributed by atoms with E-state index in [1.54, 1.807) is 18.1 Å². The number of nitrogens with zero attached hydrogens (tertiary/aromatic N) is 5. The Balaban J connectivity index is 1.17. The normalized spacial score (nSPS) is 21.3. The fraction of sp³-hybridized carbons (Fsp3) is 0.567. The van der Waals surface area contributed by atoms with Gasteiger partial charge >= 0.3 is 0 Å². The molecule has 1 saturated heterocycles. The van der Waals surface area contributed by atoms with E-state index in [1.165, 1.54) is 0 Å². The molecule has 41 heavy (non-hydrogen) atoms. The van der Waals surface area contributed by atoms with Crippen molar-refractivity contribution in [2.24, 2.45) is 5.92 Å². The van der Waals surface area contributed by atoms with Gasteiger partial charge in [-0.1, -0.05) is 37.3 Å². The molecule has 2 N–H and O–H groups in total. The number of methoxy groups -OCH3 is 1. The molecule has 11 nitrogen and oxygen atoms in total. The van der Waals surface area contributed by atoms with Crippen LogP contribution in [0.1, 0.15) is 36.5 Å². The Hall–Kier alpha value is -3.09. The molecular formula is C30H42N6O5. The molecule has 3 heterocycles. The van der Waals surface area contributed by atoms with Crippen molar-refractivity contribution in [3.05, 3.63) is 65.5 Å². The van der Waals surface area contributed by atoms with Crippen LogP contribution < -0.4 is 15.0 Å². The van der Waals surface area contributed by atoms with Crippen LogP contribution in [0.15, 0.2) is 48.8 Å². The number of fused-ring (bicyclic) bond motifs is 1. The molecule has 0 unspecified atom stereocenters. The van der Waals surface area contributed by atoms with Crippen LogP contribution in [-0.2, 0) is 39.6 Å². The monoisotopic (exact) mass is 566 g/mol. The molecule has 2 aliphatic rings. The van der Waals surface area contributed by atoms with E-state index in [2.05, 4.69) is 38.7 Å². The number of ether oxygens (including phenoxy) is 4. The number of hydrogen-bond acceptors (Lipinski definition) is 10. The predicted octanol–water partition coefficient (Wildman–Crippen LogP) is 2.53. The van der Waals surface area contributed by atoms with Gasteiger partial charge < -0.3 is 34.3 Å². The van der Waals surface area contributed by atoms with Gasteiger partial charge in [0.15, 0.2) is 0 Å². The summed E-state index contributed by atoms with van der Waals surface area (Å²) in [6, 6.07) is 14.3. The fourth-order valence-electron chi connectivity index (χ4n) is 5.51. The number of aromatic nitrogens is 4. The molecule has 222 valence electrons. The smallest absolute Gasteiger partial charge is 0.142 e. The summed E-state index contributed by atoms with van der Waals surface area (Å²) in [4.78, 5) is 2.35. The van der Waals surface area contributed by atoms with Crippen molar-refractivity contribution < 1.29 is 24.1 Å². The molecule has 1 fully saturated rings. The summed E-state index contributed by atoms with van der Waals surface area (Å²) in [5.74, 6) is 1.19. The first-order valence-electron chi connectivity index (χ1n) is 14.5. The molecule has 0 amide bonds. The lowest BCUT2D eigenvalue weighted by Gasteiger charge is -2.40. The number of nitrogens with one attached hydrogen (secondary N) is 1. The van der Waals surface area contributed by atoms with Gasteiger partial charge in [0.25, 0.3) is 0 Å². The first kappa shape index (κ1) is 29.4. The van der Waals surface area contributed by atoms with Gasteiger partial charge in [-0.25, -0.2) is 4.68 Å². The number of rotatable bonds is 14. The molecule has 1 aromatic heterocycles. The van der Waals surface area contributed by atoms with Gasteiger partial charge in [-0.15, -0.1) is 5.10 Å². The van der Waals surface area contributed by atoms with Gasteiger partial charge in [-0.05, 0) is 64.6 Å². The van der Waals surface area contributed by atoms with E-state index in [-0.39, 0.29) is 12.0 Å². The van der Waals surface area contributed by atoms with Crippen molar-refractivity contribution in [2.45, 2.75) is 51.2 Å². The van der Waals surface area contributed by atoms with E-state index in [9.17, 15) is 5.11 Å². The van der Waals surface area contributed by atoms with Crippen LogP contribution in [0.3, 0.4) is 0 Å². The zero-order valence-electron chi connectivity index (χ0n) is 24.1. The number of piperidine rings is 1. The SMILES string of the molecule is COCCCN1CCOc2ccc(CO[C@H]3CNCC[C@]3(O)c3ccc(COC[C@@H](C)Cn4cnnn4)cc3)cc21. The molecule has 2 aromatic carbocycles. The van der Waals surface area contributed by atoms with E-state index in [1.807, 2.05) is 36.4 Å². The second-order valence-corrected chi connectivity index (χ2v) is 11.0. The summed E-state index contributed by atoms with van der Waals surface area (Å²) < 4.78 is 25.2. The van der Waals surface area contributed by atoms with Gasteiger partial charge in [0, 0.05) is 33.4 Å². The van der Waals surface area contributed by atoms with Crippen LogP contribution in [-0.4, -0.2) is 84.5 Å². The number of tetrazole rings is 1. The highest BCUT2D eigenvalue weighted by Gasteiger charge is 2.41. The first-order chi connectivity index (χ1) is 20.0. The van der Waals surface area contributed by atoms with Crippen LogP contribution in [0.25, 0.3) is 0 Å². The molecule has 2 aliphatic heterocycles. The predicted molar refractivity (Wildman–Crippen MR) is 154 cm³/mol. The van der Waals surface area contributed by atoms with Crippen molar-refractivity contribution in [2.75, 3.05) is 58.0 Å². The Morgan fingerprint density at radius 2 is 2.02 bits per heavy atom. The van der Waals surface area contributed by atoms with Crippen molar-refractivity contribution in [3.8, 4) is 5.75 Å². The Kier molecular flexibility index (Phi) is 10.2. The maximum absolute atomic E-state index is 11.8. The Morgan fingerprint density at radius 3 is 2.83 bits per heavy atom. The van der Waals surface area contributed by atoms with Gasteiger partial charge in [0.2, 0.25) is 0 Å². The lowest BCUT2D eigenvalue weighted by Crippen LogP contribution is -2.53. The third kappa shape index (κ3) is 7.60. The summed E-state index contributed by atoms with van der Waals surface area (Å²) in [7, 11) is 1.73. The molecule has 11 heteroatoms. The summed E-state index contributed by atoms with van der Waals surface area (Å²) in [6.45, 7) is 8.83. The molecule has 5 rings (SSSR count). The molecule has 0 radical (unpaired) electrons. The number of aliphatic hydroxyl groups is 1. The minimum atomic E-state index is -1.07. The van der Waals surface area contributed by atoms with E-state index < -0.39 is 5.60 Å². The highest BCUT2D eigenvalue weighted by atomic mass is 16.5. The standard InChI is InChI=1S/C30H42N6O5/c1-23(18-36-22-32-33-34-36)19-39-20-24-4-7-26(8-5-24)30(37)10-11-31-17-29(30)41-21-25-6-9-28-27(16-25)35(13-15-40-28)12-3-14-38-2/h4-9,16,22-23,29,31,37H,3,10-15,17-21H2,1-2H3/t23-,29-,30-/m0/s1. The third-order valence-corrected chi connectivity index (χ3v) is 7.77. The highest BCUT2D eigenvalue weighted by Crippen LogP contribution is 2.35. The Labute approximate surface area is 241 Å². The Bertz CT molecular complexity index is 1210. The topological polar surface area (TPSA) is 116 Å². The third-order valence-electron chi connectivity index (χ3n) is 7.77. The lowest BCUT2D eigenvalue weighted by molar-refractivity contribution is -0.134. The Morgan fingerprint density at radius 1 is 1.17 bits per heavy atom. The second-order valence-electron chi connectivity index (χ2n) is 11.0. The average Bonchev–Trinajstić information content (AvgIpc) is 3.50. The molecule has 3 aromatic rings. The number of hydrogen-bond donors (Lipinski definition) is 2. The number of benzene rings is 2. The van der Waals surface area contributed by atoms with Crippen LogP contribution in [0.5, 0.6) is 5.75 Å². The molecule has 0 spiro atoms. The van der Waals surface area contributed by atoms with Crippen LogP contribution in [0.2, 0.25) is 0 Å². The summed E-state index contributed by atoms with van der Waals surface area (Å²) in [6.07, 6.45) is 2.77. The summed E-state index contributed by atoms with van der Waals surface area (Å²) >= 11 is 0. The highest BCUT2D eigenvalue weighted by molar-refractivity contribution is 5.61. The van der Waals surface area contributed by atoms with E-state index >= 15 is 0 Å². The molecule has 0 saturated carbocycles. The maximum Gasteiger partial charge on any atom is 0.142 e. The molecule has 3 atom stereocenters. The van der Waals surface area contributed by atoms with Crippen molar-refractivity contribution in [1.29, 1.82) is 0 Å². The van der Waals surface area contributed by atoms with Crippen LogP contribution >= 0.6 is 0 Å². The first-order valence-corrected chi connectivity index (χ1v) is 14.5. The van der Waals surface area contributed by atoms with E-state index in [0.29, 0.717) is 45.9 Å². The van der Waals surface area contributed by atoms with Crippen LogP contribution in [0, 0.1) is 5.92 Å². The van der Waals surface area contributed by atoms with E-state index in [0.717, 1.165) is 60.8 Å². The van der Waals surface area contributed by atoms with Gasteiger partial charge in [0.1, 0.15) is 30.4 Å². The van der Waals surface area contributed by atoms with Gasteiger partial charge in [-0.3, -0.25) is 0 Å². The zero-order chi connectivity index (χ0) is 28.5. The van der Waals surface area contributed by atoms with Crippen molar-refractivity contribution in [3.63, 3.8) is 0 Å². The number of anilines is 1. The summed E-state index contributed by atoms with van der Waals surface area (Å²) in [5, 5.41) is 26.5. The largest absolute Gasteiger partial charge is 0.490 e. The summed E-state index contributed by atoms with van der Waals surface area (Å²) in [5.41, 5.74) is 3.00. The molecule has 0 aliphatic carbocycles. The van der Waals surface area contributed by atoms with E-state index in [4.69, 9.17) is 18.9 Å². The second kappa shape index (κ2) is 14.2. The van der Waals surface area contributed by atoms with Crippen LogP contribution in [0.4, 0.5) is 5.69 Å². The maximum atomic E-state index is 11.8. The lowest BCUT2D eigenvalue weighted by atomic mass is 9.82. The van der Waals surface area contributed by atoms with Crippen molar-refractivity contribution >= 4 is 5.69 Å². The molecular weight excluding hydrogens is 524 g/mol. The quantitative estimate of drug-likeness (QED) is 0.282. The van der Waals surface area contributed by atoms with Gasteiger partial charge in [-0.2, -0.15) is 0 Å². The average molecular weight is 567 g/mol. The van der Waals surface area contributed by atoms with Gasteiger partial charge in [0.05, 0.1) is 32.1 Å². The minimum Gasteiger partial charge on any atom is -0.490 e. The zero-order valence-corrected chi connectivity index (χ0v) is 24.1. The minimum absolute atomic E-state index is 0.285. The fourth-order valence-corrected chi connectivity index (χ4v) is 5.51.